The average Bonchev–Trinajstić information content (AvgIpc) is 2.38. The molecule has 5 heteroatoms. The Morgan fingerprint density at radius 2 is 2.32 bits per heavy atom. The maximum Gasteiger partial charge on any atom is 0.256 e. The van der Waals surface area contributed by atoms with Gasteiger partial charge in [0, 0.05) is 24.0 Å². The number of nitrogens with zero attached hydrogens (tertiary/aromatic N) is 1. The quantitative estimate of drug-likeness (QED) is 0.908. The first-order valence-electron chi connectivity index (χ1n) is 6.41. The van der Waals surface area contributed by atoms with E-state index in [1.807, 2.05) is 0 Å². The number of carbonyl (C=O) groups is 1. The number of halogens is 2. The molecule has 0 aliphatic carbocycles. The fourth-order valence-corrected chi connectivity index (χ4v) is 2.58. The highest BCUT2D eigenvalue weighted by molar-refractivity contribution is 6.30. The van der Waals surface area contributed by atoms with Crippen LogP contribution in [0.5, 0.6) is 0 Å². The van der Waals surface area contributed by atoms with Crippen molar-refractivity contribution >= 4 is 17.5 Å². The normalized spacial score (nSPS) is 21.3. The number of hydrogen-bond donors (Lipinski definition) is 1. The Morgan fingerprint density at radius 3 is 2.95 bits per heavy atom. The Kier molecular flexibility index (Phi) is 4.42. The summed E-state index contributed by atoms with van der Waals surface area (Å²) in [5, 5.41) is 9.88. The second-order valence-electron chi connectivity index (χ2n) is 5.02. The lowest BCUT2D eigenvalue weighted by atomic mass is 9.93. The summed E-state index contributed by atoms with van der Waals surface area (Å²) < 4.78 is 13.7. The standard InChI is InChI=1S/C14H17ClFNO2/c1-9(18)10-3-2-6-17(8-10)14(19)12-5-4-11(15)7-13(12)16/h4-5,7,9-10,18H,2-3,6,8H2,1H3. The minimum absolute atomic E-state index is 0.0376. The molecule has 1 aromatic carbocycles. The molecule has 2 rings (SSSR count). The minimum Gasteiger partial charge on any atom is -0.393 e. The van der Waals surface area contributed by atoms with E-state index in [9.17, 15) is 14.3 Å². The summed E-state index contributed by atoms with van der Waals surface area (Å²) >= 11 is 5.67. The van der Waals surface area contributed by atoms with Crippen LogP contribution < -0.4 is 0 Å². The number of rotatable bonds is 2. The van der Waals surface area contributed by atoms with Gasteiger partial charge in [0.1, 0.15) is 5.82 Å². The fourth-order valence-electron chi connectivity index (χ4n) is 2.42. The first-order valence-corrected chi connectivity index (χ1v) is 6.79. The molecule has 3 nitrogen and oxygen atoms in total. The van der Waals surface area contributed by atoms with Crippen LogP contribution in [0.15, 0.2) is 18.2 Å². The summed E-state index contributed by atoms with van der Waals surface area (Å²) in [5.74, 6) is -0.871. The molecule has 0 saturated carbocycles. The first-order chi connectivity index (χ1) is 8.99. The summed E-state index contributed by atoms with van der Waals surface area (Å²) in [6.45, 7) is 2.80. The smallest absolute Gasteiger partial charge is 0.256 e. The van der Waals surface area contributed by atoms with Gasteiger partial charge in [-0.1, -0.05) is 11.6 Å². The molecule has 0 bridgehead atoms. The number of piperidine rings is 1. The lowest BCUT2D eigenvalue weighted by molar-refractivity contribution is 0.0463. The molecule has 2 atom stereocenters. The van der Waals surface area contributed by atoms with Gasteiger partial charge in [0.05, 0.1) is 11.7 Å². The molecular weight excluding hydrogens is 269 g/mol. The van der Waals surface area contributed by atoms with E-state index >= 15 is 0 Å². The molecule has 1 saturated heterocycles. The van der Waals surface area contributed by atoms with E-state index in [1.165, 1.54) is 12.1 Å². The highest BCUT2D eigenvalue weighted by Gasteiger charge is 2.28. The van der Waals surface area contributed by atoms with Crippen LogP contribution >= 0.6 is 11.6 Å². The number of carbonyl (C=O) groups excluding carboxylic acids is 1. The maximum atomic E-state index is 13.7. The Labute approximate surface area is 117 Å². The van der Waals surface area contributed by atoms with Gasteiger partial charge in [-0.15, -0.1) is 0 Å². The lowest BCUT2D eigenvalue weighted by Crippen LogP contribution is -2.43. The molecule has 1 aliphatic rings. The van der Waals surface area contributed by atoms with Gasteiger partial charge in [-0.25, -0.2) is 4.39 Å². The number of benzene rings is 1. The first kappa shape index (κ1) is 14.3. The van der Waals surface area contributed by atoms with Crippen molar-refractivity contribution in [2.75, 3.05) is 13.1 Å². The van der Waals surface area contributed by atoms with Crippen molar-refractivity contribution in [2.45, 2.75) is 25.9 Å². The molecular formula is C14H17ClFNO2. The summed E-state index contributed by atoms with van der Waals surface area (Å²) in [6, 6.07) is 4.06. The van der Waals surface area contributed by atoms with Gasteiger partial charge in [0.25, 0.3) is 5.91 Å². The van der Waals surface area contributed by atoms with E-state index in [2.05, 4.69) is 0 Å². The Bertz CT molecular complexity index is 479. The average molecular weight is 286 g/mol. The maximum absolute atomic E-state index is 13.7. The third-order valence-corrected chi connectivity index (χ3v) is 3.82. The third kappa shape index (κ3) is 3.25. The lowest BCUT2D eigenvalue weighted by Gasteiger charge is -2.34. The zero-order chi connectivity index (χ0) is 14.0. The topological polar surface area (TPSA) is 40.5 Å². The molecule has 1 aromatic rings. The molecule has 1 amide bonds. The van der Waals surface area contributed by atoms with Gasteiger partial charge in [-0.3, -0.25) is 4.79 Å². The van der Waals surface area contributed by atoms with Gasteiger partial charge in [-0.05, 0) is 38.0 Å². The summed E-state index contributed by atoms with van der Waals surface area (Å²) in [6.07, 6.45) is 1.27. The van der Waals surface area contributed by atoms with Gasteiger partial charge in [-0.2, -0.15) is 0 Å². The number of aliphatic hydroxyl groups is 1. The number of likely N-dealkylation sites (tertiary alicyclic amines) is 1. The van der Waals surface area contributed by atoms with Crippen LogP contribution in [0.3, 0.4) is 0 Å². The highest BCUT2D eigenvalue weighted by Crippen LogP contribution is 2.23. The van der Waals surface area contributed by atoms with Crippen molar-refractivity contribution in [2.24, 2.45) is 5.92 Å². The van der Waals surface area contributed by atoms with Crippen molar-refractivity contribution in [1.82, 2.24) is 4.90 Å². The largest absolute Gasteiger partial charge is 0.393 e. The number of aliphatic hydroxyl groups excluding tert-OH is 1. The van der Waals surface area contributed by atoms with E-state index in [-0.39, 0.29) is 22.4 Å². The van der Waals surface area contributed by atoms with Crippen LogP contribution in [-0.4, -0.2) is 35.1 Å². The zero-order valence-corrected chi connectivity index (χ0v) is 11.5. The molecule has 0 radical (unpaired) electrons. The predicted molar refractivity (Wildman–Crippen MR) is 71.7 cm³/mol. The van der Waals surface area contributed by atoms with Gasteiger partial charge < -0.3 is 10.0 Å². The second-order valence-corrected chi connectivity index (χ2v) is 5.45. The highest BCUT2D eigenvalue weighted by atomic mass is 35.5. The van der Waals surface area contributed by atoms with Crippen molar-refractivity contribution in [3.63, 3.8) is 0 Å². The SMILES string of the molecule is CC(O)C1CCCN(C(=O)c2ccc(Cl)cc2F)C1. The van der Waals surface area contributed by atoms with Crippen molar-refractivity contribution in [3.05, 3.63) is 34.6 Å². The van der Waals surface area contributed by atoms with Crippen molar-refractivity contribution in [1.29, 1.82) is 0 Å². The molecule has 104 valence electrons. The van der Waals surface area contributed by atoms with E-state index in [0.29, 0.717) is 13.1 Å². The molecule has 2 unspecified atom stereocenters. The van der Waals surface area contributed by atoms with E-state index in [1.54, 1.807) is 11.8 Å². The summed E-state index contributed by atoms with van der Waals surface area (Å²) in [4.78, 5) is 13.9. The molecule has 1 aliphatic heterocycles. The molecule has 1 heterocycles. The van der Waals surface area contributed by atoms with E-state index in [4.69, 9.17) is 11.6 Å². The molecule has 19 heavy (non-hydrogen) atoms. The number of hydrogen-bond acceptors (Lipinski definition) is 2. The van der Waals surface area contributed by atoms with Crippen LogP contribution in [0.1, 0.15) is 30.1 Å². The van der Waals surface area contributed by atoms with Crippen LogP contribution in [0, 0.1) is 11.7 Å². The minimum atomic E-state index is -0.600. The van der Waals surface area contributed by atoms with Crippen LogP contribution in [-0.2, 0) is 0 Å². The Hall–Kier alpha value is -1.13. The second kappa shape index (κ2) is 5.88. The predicted octanol–water partition coefficient (Wildman–Crippen LogP) is 2.71. The third-order valence-electron chi connectivity index (χ3n) is 3.59. The van der Waals surface area contributed by atoms with Gasteiger partial charge in [0.15, 0.2) is 0 Å². The molecule has 1 N–H and O–H groups in total. The van der Waals surface area contributed by atoms with Gasteiger partial charge >= 0.3 is 0 Å². The fraction of sp³-hybridized carbons (Fsp3) is 0.500. The monoisotopic (exact) mass is 285 g/mol. The van der Waals surface area contributed by atoms with Gasteiger partial charge in [0.2, 0.25) is 0 Å². The Morgan fingerprint density at radius 1 is 1.58 bits per heavy atom. The van der Waals surface area contributed by atoms with Crippen LogP contribution in [0.4, 0.5) is 4.39 Å². The molecule has 0 aromatic heterocycles. The zero-order valence-electron chi connectivity index (χ0n) is 10.8. The Balaban J connectivity index is 2.15. The van der Waals surface area contributed by atoms with Crippen LogP contribution in [0.25, 0.3) is 0 Å². The molecule has 1 fully saturated rings. The van der Waals surface area contributed by atoms with E-state index < -0.39 is 11.9 Å². The summed E-state index contributed by atoms with van der Waals surface area (Å²) in [7, 11) is 0. The van der Waals surface area contributed by atoms with Crippen LogP contribution in [0.2, 0.25) is 5.02 Å². The van der Waals surface area contributed by atoms with Crippen molar-refractivity contribution < 1.29 is 14.3 Å². The van der Waals surface area contributed by atoms with E-state index in [0.717, 1.165) is 18.9 Å². The summed E-state index contributed by atoms with van der Waals surface area (Å²) in [5.41, 5.74) is 0.0376. The van der Waals surface area contributed by atoms with Crippen molar-refractivity contribution in [3.8, 4) is 0 Å². The molecule has 0 spiro atoms. The number of amides is 1.